The zero-order chi connectivity index (χ0) is 9.68. The maximum Gasteiger partial charge on any atom is 0.309 e. The van der Waals surface area contributed by atoms with Crippen LogP contribution in [0.5, 0.6) is 0 Å². The predicted octanol–water partition coefficient (Wildman–Crippen LogP) is 2.69. The van der Waals surface area contributed by atoms with Crippen LogP contribution in [0.3, 0.4) is 0 Å². The Balaban J connectivity index is 2.46. The van der Waals surface area contributed by atoms with Crippen LogP contribution in [0.25, 0.3) is 0 Å². The molecule has 1 unspecified atom stereocenters. The molecule has 0 saturated carbocycles. The number of esters is 1. The molecule has 0 saturated heterocycles. The summed E-state index contributed by atoms with van der Waals surface area (Å²) in [5.74, 6) is 0.0888. The zero-order valence-corrected chi connectivity index (χ0v) is 8.51. The summed E-state index contributed by atoms with van der Waals surface area (Å²) in [4.78, 5) is 11.4. The van der Waals surface area contributed by atoms with Crippen LogP contribution in [-0.2, 0) is 9.53 Å². The molecule has 74 valence electrons. The Hall–Kier alpha value is -0.790. The smallest absolute Gasteiger partial charge is 0.309 e. The van der Waals surface area contributed by atoms with Gasteiger partial charge in [0.25, 0.3) is 0 Å². The minimum atomic E-state index is -0.0200. The van der Waals surface area contributed by atoms with Gasteiger partial charge in [0.05, 0.1) is 12.5 Å². The normalized spacial score (nSPS) is 23.2. The summed E-state index contributed by atoms with van der Waals surface area (Å²) in [6, 6.07) is 0. The van der Waals surface area contributed by atoms with Crippen LogP contribution in [0.1, 0.15) is 39.5 Å². The van der Waals surface area contributed by atoms with E-state index < -0.39 is 0 Å². The minimum Gasteiger partial charge on any atom is -0.466 e. The van der Waals surface area contributed by atoms with Gasteiger partial charge in [-0.1, -0.05) is 11.6 Å². The molecule has 1 rings (SSSR count). The lowest BCUT2D eigenvalue weighted by atomic mass is 10.0. The van der Waals surface area contributed by atoms with Crippen molar-refractivity contribution in [2.75, 3.05) is 6.61 Å². The summed E-state index contributed by atoms with van der Waals surface area (Å²) in [6.45, 7) is 4.49. The number of ether oxygens (including phenoxy) is 1. The molecule has 0 radical (unpaired) electrons. The van der Waals surface area contributed by atoms with E-state index in [1.807, 2.05) is 6.92 Å². The predicted molar refractivity (Wildman–Crippen MR) is 52.3 cm³/mol. The Morgan fingerprint density at radius 3 is 3.15 bits per heavy atom. The summed E-state index contributed by atoms with van der Waals surface area (Å²) < 4.78 is 5.00. The molecule has 2 heteroatoms. The highest BCUT2D eigenvalue weighted by molar-refractivity contribution is 5.72. The van der Waals surface area contributed by atoms with E-state index in [2.05, 4.69) is 13.0 Å². The van der Waals surface area contributed by atoms with Crippen LogP contribution < -0.4 is 0 Å². The van der Waals surface area contributed by atoms with Crippen molar-refractivity contribution in [3.05, 3.63) is 11.6 Å². The van der Waals surface area contributed by atoms with E-state index in [1.54, 1.807) is 0 Å². The molecule has 1 atom stereocenters. The number of rotatable bonds is 2. The maximum atomic E-state index is 11.4. The second-order valence-electron chi connectivity index (χ2n) is 3.63. The van der Waals surface area contributed by atoms with Crippen LogP contribution in [0, 0.1) is 5.92 Å². The van der Waals surface area contributed by atoms with Gasteiger partial charge in [0.1, 0.15) is 0 Å². The average molecular weight is 182 g/mol. The first-order valence-electron chi connectivity index (χ1n) is 5.06. The van der Waals surface area contributed by atoms with Crippen LogP contribution in [0.4, 0.5) is 0 Å². The van der Waals surface area contributed by atoms with E-state index in [1.165, 1.54) is 5.57 Å². The van der Waals surface area contributed by atoms with Crippen molar-refractivity contribution in [2.24, 2.45) is 5.92 Å². The highest BCUT2D eigenvalue weighted by Gasteiger charge is 2.19. The van der Waals surface area contributed by atoms with Gasteiger partial charge in [-0.05, 0) is 39.5 Å². The molecule has 0 bridgehead atoms. The minimum absolute atomic E-state index is 0.0200. The van der Waals surface area contributed by atoms with Crippen LogP contribution >= 0.6 is 0 Å². The fraction of sp³-hybridized carbons (Fsp3) is 0.727. The summed E-state index contributed by atoms with van der Waals surface area (Å²) in [5, 5.41) is 0. The lowest BCUT2D eigenvalue weighted by Gasteiger charge is -2.10. The molecule has 0 fully saturated rings. The third-order valence-electron chi connectivity index (χ3n) is 2.49. The van der Waals surface area contributed by atoms with Crippen LogP contribution in [-0.4, -0.2) is 12.6 Å². The highest BCUT2D eigenvalue weighted by Crippen LogP contribution is 2.23. The molecule has 0 amide bonds. The van der Waals surface area contributed by atoms with E-state index in [4.69, 9.17) is 4.74 Å². The van der Waals surface area contributed by atoms with Crippen molar-refractivity contribution in [3.8, 4) is 0 Å². The lowest BCUT2D eigenvalue weighted by molar-refractivity contribution is -0.148. The second kappa shape index (κ2) is 5.05. The number of hydrogen-bond donors (Lipinski definition) is 0. The number of carbonyl (C=O) groups excluding carboxylic acids is 1. The molecule has 1 aliphatic carbocycles. The lowest BCUT2D eigenvalue weighted by Crippen LogP contribution is -2.16. The van der Waals surface area contributed by atoms with Gasteiger partial charge >= 0.3 is 5.97 Å². The first kappa shape index (κ1) is 10.3. The van der Waals surface area contributed by atoms with E-state index in [0.717, 1.165) is 25.7 Å². The Bertz CT molecular complexity index is 206. The van der Waals surface area contributed by atoms with Gasteiger partial charge in [-0.2, -0.15) is 0 Å². The van der Waals surface area contributed by atoms with Crippen LogP contribution in [0.15, 0.2) is 11.6 Å². The summed E-state index contributed by atoms with van der Waals surface area (Å²) >= 11 is 0. The topological polar surface area (TPSA) is 26.3 Å². The Morgan fingerprint density at radius 1 is 1.69 bits per heavy atom. The van der Waals surface area contributed by atoms with Gasteiger partial charge in [0.15, 0.2) is 0 Å². The van der Waals surface area contributed by atoms with E-state index >= 15 is 0 Å². The summed E-state index contributed by atoms with van der Waals surface area (Å²) in [6.07, 6.45) is 6.27. The third kappa shape index (κ3) is 3.21. The Morgan fingerprint density at radius 2 is 2.46 bits per heavy atom. The molecule has 0 aliphatic heterocycles. The molecule has 2 nitrogen and oxygen atoms in total. The average Bonchev–Trinajstić information content (AvgIpc) is 2.30. The molecular formula is C11H18O2. The van der Waals surface area contributed by atoms with Gasteiger partial charge in [0, 0.05) is 0 Å². The van der Waals surface area contributed by atoms with Crippen molar-refractivity contribution in [2.45, 2.75) is 39.5 Å². The zero-order valence-electron chi connectivity index (χ0n) is 8.51. The largest absolute Gasteiger partial charge is 0.466 e. The molecule has 0 N–H and O–H groups in total. The monoisotopic (exact) mass is 182 g/mol. The van der Waals surface area contributed by atoms with Gasteiger partial charge in [0.2, 0.25) is 0 Å². The maximum absolute atomic E-state index is 11.4. The fourth-order valence-electron chi connectivity index (χ4n) is 1.66. The van der Waals surface area contributed by atoms with Crippen molar-refractivity contribution in [1.29, 1.82) is 0 Å². The van der Waals surface area contributed by atoms with Crippen molar-refractivity contribution in [1.82, 2.24) is 0 Å². The molecule has 0 aromatic heterocycles. The fourth-order valence-corrected chi connectivity index (χ4v) is 1.66. The molecular weight excluding hydrogens is 164 g/mol. The SMILES string of the molecule is CCOC(=O)C1CC=C(C)CCC1. The van der Waals surface area contributed by atoms with Crippen molar-refractivity contribution < 1.29 is 9.53 Å². The van der Waals surface area contributed by atoms with Gasteiger partial charge in [-0.15, -0.1) is 0 Å². The standard InChI is InChI=1S/C11H18O2/c1-3-13-11(12)10-6-4-5-9(2)7-8-10/h7,10H,3-6,8H2,1-2H3. The molecule has 13 heavy (non-hydrogen) atoms. The Labute approximate surface area is 80.0 Å². The first-order valence-corrected chi connectivity index (χ1v) is 5.06. The van der Waals surface area contributed by atoms with Crippen molar-refractivity contribution in [3.63, 3.8) is 0 Å². The number of carbonyl (C=O) groups is 1. The summed E-state index contributed by atoms with van der Waals surface area (Å²) in [7, 11) is 0. The molecule has 0 aromatic rings. The third-order valence-corrected chi connectivity index (χ3v) is 2.49. The molecule has 0 heterocycles. The highest BCUT2D eigenvalue weighted by atomic mass is 16.5. The van der Waals surface area contributed by atoms with E-state index in [0.29, 0.717) is 6.61 Å². The van der Waals surface area contributed by atoms with Gasteiger partial charge < -0.3 is 4.74 Å². The van der Waals surface area contributed by atoms with Crippen LogP contribution in [0.2, 0.25) is 0 Å². The molecule has 1 aliphatic rings. The Kier molecular flexibility index (Phi) is 4.00. The number of allylic oxidation sites excluding steroid dienone is 2. The first-order chi connectivity index (χ1) is 6.24. The summed E-state index contributed by atoms with van der Waals surface area (Å²) in [5.41, 5.74) is 1.41. The van der Waals surface area contributed by atoms with E-state index in [9.17, 15) is 4.79 Å². The molecule has 0 aromatic carbocycles. The van der Waals surface area contributed by atoms with E-state index in [-0.39, 0.29) is 11.9 Å². The number of hydrogen-bond acceptors (Lipinski definition) is 2. The van der Waals surface area contributed by atoms with Gasteiger partial charge in [-0.25, -0.2) is 0 Å². The quantitative estimate of drug-likeness (QED) is 0.485. The molecule has 0 spiro atoms. The van der Waals surface area contributed by atoms with Gasteiger partial charge in [-0.3, -0.25) is 4.79 Å². The second-order valence-corrected chi connectivity index (χ2v) is 3.63. The van der Waals surface area contributed by atoms with Crippen molar-refractivity contribution >= 4 is 5.97 Å².